The molecule has 0 saturated carbocycles. The largest absolute Gasteiger partial charge is 0.298 e. The summed E-state index contributed by atoms with van der Waals surface area (Å²) in [5.74, 6) is -2.10. The second-order valence-corrected chi connectivity index (χ2v) is 4.27. The highest BCUT2D eigenvalue weighted by Gasteiger charge is 2.15. The average Bonchev–Trinajstić information content (AvgIpc) is 2.31. The number of nitriles is 1. The Balaban J connectivity index is 2.71. The number of ketones is 1. The molecule has 0 spiro atoms. The molecule has 0 aliphatic heterocycles. The molecule has 1 aromatic rings. The Morgan fingerprint density at radius 3 is 2.78 bits per heavy atom. The van der Waals surface area contributed by atoms with Gasteiger partial charge in [-0.15, -0.1) is 0 Å². The fourth-order valence-electron chi connectivity index (χ4n) is 1.61. The average molecular weight is 252 g/mol. The van der Waals surface area contributed by atoms with Crippen LogP contribution in [0.3, 0.4) is 0 Å². The van der Waals surface area contributed by atoms with E-state index < -0.39 is 17.4 Å². The van der Waals surface area contributed by atoms with Crippen LogP contribution in [0.25, 0.3) is 0 Å². The monoisotopic (exact) mass is 252 g/mol. The smallest absolute Gasteiger partial charge is 0.179 e. The third-order valence-electron chi connectivity index (χ3n) is 2.45. The summed E-state index contributed by atoms with van der Waals surface area (Å²) in [5, 5.41) is 8.64. The van der Waals surface area contributed by atoms with E-state index in [0.717, 1.165) is 18.2 Å². The van der Waals surface area contributed by atoms with Gasteiger partial charge in [0.05, 0.1) is 24.1 Å². The lowest BCUT2D eigenvalue weighted by molar-refractivity contribution is 0.0938. The van der Waals surface area contributed by atoms with Crippen molar-refractivity contribution >= 4 is 5.78 Å². The lowest BCUT2D eigenvalue weighted by Crippen LogP contribution is -2.30. The highest BCUT2D eigenvalue weighted by atomic mass is 19.1. The summed E-state index contributed by atoms with van der Waals surface area (Å²) in [6, 6.07) is 4.83. The van der Waals surface area contributed by atoms with Gasteiger partial charge in [0.15, 0.2) is 5.78 Å². The maximum atomic E-state index is 13.3. The Labute approximate surface area is 105 Å². The number of benzene rings is 1. The summed E-state index contributed by atoms with van der Waals surface area (Å²) in [4.78, 5) is 13.4. The second kappa shape index (κ2) is 6.22. The third-order valence-corrected chi connectivity index (χ3v) is 2.45. The van der Waals surface area contributed by atoms with Crippen LogP contribution in [0.4, 0.5) is 8.78 Å². The third kappa shape index (κ3) is 3.90. The predicted octanol–water partition coefficient (Wildman–Crippen LogP) is 2.24. The fourth-order valence-corrected chi connectivity index (χ4v) is 1.61. The zero-order chi connectivity index (χ0) is 13.7. The summed E-state index contributed by atoms with van der Waals surface area (Å²) in [6.07, 6.45) is 0. The van der Waals surface area contributed by atoms with Crippen molar-refractivity contribution in [2.75, 3.05) is 20.1 Å². The van der Waals surface area contributed by atoms with Crippen molar-refractivity contribution in [1.82, 2.24) is 4.90 Å². The molecule has 0 fully saturated rings. The highest BCUT2D eigenvalue weighted by molar-refractivity contribution is 5.97. The number of carbonyl (C=O) groups is 1. The van der Waals surface area contributed by atoms with Crippen molar-refractivity contribution < 1.29 is 13.6 Å². The lowest BCUT2D eigenvalue weighted by Gasteiger charge is -2.16. The molecule has 0 aliphatic rings. The number of nitrogens with zero attached hydrogens (tertiary/aromatic N) is 2. The number of rotatable bonds is 5. The van der Waals surface area contributed by atoms with Gasteiger partial charge < -0.3 is 0 Å². The molecule has 1 unspecified atom stereocenters. The van der Waals surface area contributed by atoms with Crippen LogP contribution in [0.1, 0.15) is 17.3 Å². The van der Waals surface area contributed by atoms with E-state index in [1.165, 1.54) is 0 Å². The van der Waals surface area contributed by atoms with Crippen LogP contribution in [0.2, 0.25) is 0 Å². The Morgan fingerprint density at radius 2 is 2.17 bits per heavy atom. The van der Waals surface area contributed by atoms with Gasteiger partial charge in [-0.05, 0) is 32.2 Å². The molecule has 0 heterocycles. The van der Waals surface area contributed by atoms with E-state index in [9.17, 15) is 13.6 Å². The normalized spacial score (nSPS) is 12.2. The first-order valence-electron chi connectivity index (χ1n) is 5.50. The Kier molecular flexibility index (Phi) is 4.93. The van der Waals surface area contributed by atoms with Gasteiger partial charge in [0, 0.05) is 6.54 Å². The van der Waals surface area contributed by atoms with Gasteiger partial charge in [-0.1, -0.05) is 0 Å². The van der Waals surface area contributed by atoms with Gasteiger partial charge in [-0.3, -0.25) is 9.69 Å². The molecule has 1 rings (SSSR count). The predicted molar refractivity (Wildman–Crippen MR) is 63.0 cm³/mol. The summed E-state index contributed by atoms with van der Waals surface area (Å²) in [7, 11) is 1.66. The zero-order valence-electron chi connectivity index (χ0n) is 10.3. The minimum atomic E-state index is -0.733. The maximum Gasteiger partial charge on any atom is 0.179 e. The van der Waals surface area contributed by atoms with E-state index in [2.05, 4.69) is 0 Å². The lowest BCUT2D eigenvalue weighted by atomic mass is 10.1. The molecule has 0 bridgehead atoms. The van der Waals surface area contributed by atoms with Crippen molar-refractivity contribution in [1.29, 1.82) is 5.26 Å². The highest BCUT2D eigenvalue weighted by Crippen LogP contribution is 2.11. The molecule has 0 N–H and O–H groups in total. The van der Waals surface area contributed by atoms with Crippen molar-refractivity contribution in [3.05, 3.63) is 35.4 Å². The Morgan fingerprint density at radius 1 is 1.50 bits per heavy atom. The van der Waals surface area contributed by atoms with E-state index in [0.29, 0.717) is 6.54 Å². The summed E-state index contributed by atoms with van der Waals surface area (Å²) < 4.78 is 26.3. The minimum absolute atomic E-state index is 0.0492. The molecule has 3 nitrogen and oxygen atoms in total. The number of carbonyl (C=O) groups excluding carboxylic acids is 1. The molecule has 96 valence electrons. The van der Waals surface area contributed by atoms with Crippen LogP contribution in [-0.4, -0.2) is 30.8 Å². The number of halogens is 2. The van der Waals surface area contributed by atoms with Gasteiger partial charge in [-0.25, -0.2) is 8.78 Å². The molecule has 5 heteroatoms. The van der Waals surface area contributed by atoms with Crippen LogP contribution in [0.5, 0.6) is 0 Å². The van der Waals surface area contributed by atoms with Crippen LogP contribution in [-0.2, 0) is 0 Å². The molecule has 0 aromatic heterocycles. The van der Waals surface area contributed by atoms with E-state index >= 15 is 0 Å². The number of likely N-dealkylation sites (N-methyl/N-ethyl adjacent to an activating group) is 1. The molecule has 1 atom stereocenters. The van der Waals surface area contributed by atoms with Crippen LogP contribution < -0.4 is 0 Å². The van der Waals surface area contributed by atoms with Gasteiger partial charge in [-0.2, -0.15) is 5.26 Å². The quantitative estimate of drug-likeness (QED) is 0.755. The van der Waals surface area contributed by atoms with Crippen molar-refractivity contribution in [2.45, 2.75) is 6.92 Å². The number of Topliss-reactive ketones (excluding diaryl/α,β-unsaturated/α-hetero) is 1. The topological polar surface area (TPSA) is 44.1 Å². The summed E-state index contributed by atoms with van der Waals surface area (Å²) in [6.45, 7) is 2.08. The maximum absolute atomic E-state index is 13.3. The second-order valence-electron chi connectivity index (χ2n) is 4.27. The molecule has 18 heavy (non-hydrogen) atoms. The van der Waals surface area contributed by atoms with Gasteiger partial charge >= 0.3 is 0 Å². The number of hydrogen-bond acceptors (Lipinski definition) is 3. The van der Waals surface area contributed by atoms with Crippen molar-refractivity contribution in [2.24, 2.45) is 5.92 Å². The SMILES string of the molecule is CC(C#N)CN(C)CC(=O)c1cc(F)ccc1F. The first-order valence-corrected chi connectivity index (χ1v) is 5.50. The van der Waals surface area contributed by atoms with Crippen molar-refractivity contribution in [3.63, 3.8) is 0 Å². The van der Waals surface area contributed by atoms with Gasteiger partial charge in [0.1, 0.15) is 11.6 Å². The first-order chi connectivity index (χ1) is 8.43. The molecule has 0 amide bonds. The van der Waals surface area contributed by atoms with Crippen LogP contribution >= 0.6 is 0 Å². The standard InChI is InChI=1S/C13H14F2N2O/c1-9(6-16)7-17(2)8-13(18)11-5-10(14)3-4-12(11)15/h3-5,9H,7-8H2,1-2H3. The van der Waals surface area contributed by atoms with Gasteiger partial charge in [0.2, 0.25) is 0 Å². The molecule has 0 saturated heterocycles. The zero-order valence-corrected chi connectivity index (χ0v) is 10.3. The molecule has 0 aliphatic carbocycles. The molecule has 0 radical (unpaired) electrons. The van der Waals surface area contributed by atoms with Gasteiger partial charge in [0.25, 0.3) is 0 Å². The van der Waals surface area contributed by atoms with Crippen molar-refractivity contribution in [3.8, 4) is 6.07 Å². The molecular formula is C13H14F2N2O. The summed E-state index contributed by atoms with van der Waals surface area (Å²) in [5.41, 5.74) is -0.258. The van der Waals surface area contributed by atoms with Crippen LogP contribution in [0, 0.1) is 28.9 Å². The van der Waals surface area contributed by atoms with E-state index in [-0.39, 0.29) is 18.0 Å². The van der Waals surface area contributed by atoms with E-state index in [1.807, 2.05) is 6.07 Å². The minimum Gasteiger partial charge on any atom is -0.298 e. The van der Waals surface area contributed by atoms with E-state index in [4.69, 9.17) is 5.26 Å². The fraction of sp³-hybridized carbons (Fsp3) is 0.385. The number of hydrogen-bond donors (Lipinski definition) is 0. The molecule has 1 aromatic carbocycles. The Bertz CT molecular complexity index is 482. The van der Waals surface area contributed by atoms with E-state index in [1.54, 1.807) is 18.9 Å². The van der Waals surface area contributed by atoms with Crippen LogP contribution in [0.15, 0.2) is 18.2 Å². The molecular weight excluding hydrogens is 238 g/mol. The Hall–Kier alpha value is -1.80. The summed E-state index contributed by atoms with van der Waals surface area (Å²) >= 11 is 0. The first kappa shape index (κ1) is 14.3.